The summed E-state index contributed by atoms with van der Waals surface area (Å²) in [5.41, 5.74) is 1.04. The standard InChI is InChI=1S/C11H15NO5S2/c13-7-9-1-3-10(4-2-9)12-19(16,17)11-5-6-18(14,15)8-11/h1-4,11-13H,5-8H2. The first-order chi connectivity index (χ1) is 8.82. The van der Waals surface area contributed by atoms with Gasteiger partial charge in [0.05, 0.1) is 23.4 Å². The number of hydrogen-bond donors (Lipinski definition) is 2. The SMILES string of the molecule is O=S1(=O)CCC(S(=O)(=O)Nc2ccc(CO)cc2)C1. The molecule has 1 saturated heterocycles. The van der Waals surface area contributed by atoms with E-state index in [0.29, 0.717) is 11.3 Å². The van der Waals surface area contributed by atoms with Crippen molar-refractivity contribution in [1.29, 1.82) is 0 Å². The van der Waals surface area contributed by atoms with Crippen LogP contribution in [0.4, 0.5) is 5.69 Å². The largest absolute Gasteiger partial charge is 0.392 e. The molecule has 1 aromatic carbocycles. The van der Waals surface area contributed by atoms with Gasteiger partial charge in [0.25, 0.3) is 0 Å². The normalized spacial score (nSPS) is 22.3. The van der Waals surface area contributed by atoms with Crippen LogP contribution in [0.5, 0.6) is 0 Å². The number of anilines is 1. The molecule has 0 radical (unpaired) electrons. The van der Waals surface area contributed by atoms with Gasteiger partial charge in [0.2, 0.25) is 10.0 Å². The Bertz CT molecular complexity index is 649. The zero-order valence-corrected chi connectivity index (χ0v) is 11.7. The number of aliphatic hydroxyl groups is 1. The fourth-order valence-corrected chi connectivity index (χ4v) is 6.02. The van der Waals surface area contributed by atoms with Gasteiger partial charge >= 0.3 is 0 Å². The molecule has 2 rings (SSSR count). The lowest BCUT2D eigenvalue weighted by molar-refractivity contribution is 0.282. The smallest absolute Gasteiger partial charge is 0.236 e. The van der Waals surface area contributed by atoms with Crippen LogP contribution in [-0.4, -0.2) is 38.7 Å². The van der Waals surface area contributed by atoms with Gasteiger partial charge in [0.15, 0.2) is 9.84 Å². The molecular weight excluding hydrogens is 290 g/mol. The number of aliphatic hydroxyl groups excluding tert-OH is 1. The van der Waals surface area contributed by atoms with Gasteiger partial charge < -0.3 is 5.11 Å². The van der Waals surface area contributed by atoms with Crippen LogP contribution in [0.15, 0.2) is 24.3 Å². The van der Waals surface area contributed by atoms with Crippen LogP contribution in [0.2, 0.25) is 0 Å². The minimum atomic E-state index is -3.70. The second kappa shape index (κ2) is 5.10. The summed E-state index contributed by atoms with van der Waals surface area (Å²) in [4.78, 5) is 0. The first-order valence-electron chi connectivity index (χ1n) is 5.74. The Labute approximate surface area is 112 Å². The molecule has 0 aromatic heterocycles. The van der Waals surface area contributed by atoms with Crippen molar-refractivity contribution in [2.24, 2.45) is 0 Å². The van der Waals surface area contributed by atoms with E-state index in [1.165, 1.54) is 12.1 Å². The Morgan fingerprint density at radius 1 is 1.26 bits per heavy atom. The average molecular weight is 305 g/mol. The van der Waals surface area contributed by atoms with Gasteiger partial charge in [-0.1, -0.05) is 12.1 Å². The number of benzene rings is 1. The lowest BCUT2D eigenvalue weighted by atomic mass is 10.2. The van der Waals surface area contributed by atoms with Crippen molar-refractivity contribution in [3.63, 3.8) is 0 Å². The van der Waals surface area contributed by atoms with Crippen molar-refractivity contribution >= 4 is 25.5 Å². The lowest BCUT2D eigenvalue weighted by Gasteiger charge is -2.12. The van der Waals surface area contributed by atoms with Gasteiger partial charge in [-0.25, -0.2) is 16.8 Å². The van der Waals surface area contributed by atoms with Crippen LogP contribution in [0.25, 0.3) is 0 Å². The zero-order valence-electron chi connectivity index (χ0n) is 10.1. The monoisotopic (exact) mass is 305 g/mol. The lowest BCUT2D eigenvalue weighted by Crippen LogP contribution is -2.28. The van der Waals surface area contributed by atoms with E-state index in [-0.39, 0.29) is 24.5 Å². The molecule has 1 heterocycles. The van der Waals surface area contributed by atoms with E-state index >= 15 is 0 Å². The van der Waals surface area contributed by atoms with Crippen LogP contribution in [0.3, 0.4) is 0 Å². The summed E-state index contributed by atoms with van der Waals surface area (Å²) >= 11 is 0. The molecule has 2 N–H and O–H groups in total. The second-order valence-electron chi connectivity index (χ2n) is 4.53. The van der Waals surface area contributed by atoms with Crippen LogP contribution in [-0.2, 0) is 26.5 Å². The summed E-state index contributed by atoms with van der Waals surface area (Å²) < 4.78 is 49.0. The molecule has 8 heteroatoms. The van der Waals surface area contributed by atoms with Gasteiger partial charge in [0, 0.05) is 5.69 Å². The van der Waals surface area contributed by atoms with E-state index in [9.17, 15) is 16.8 Å². The van der Waals surface area contributed by atoms with E-state index in [2.05, 4.69) is 4.72 Å². The number of nitrogens with one attached hydrogen (secondary N) is 1. The molecule has 0 amide bonds. The second-order valence-corrected chi connectivity index (χ2v) is 8.72. The molecule has 0 bridgehead atoms. The Balaban J connectivity index is 2.13. The number of rotatable bonds is 4. The molecule has 1 aromatic rings. The summed E-state index contributed by atoms with van der Waals surface area (Å²) in [5.74, 6) is -0.404. The van der Waals surface area contributed by atoms with Crippen LogP contribution in [0.1, 0.15) is 12.0 Å². The van der Waals surface area contributed by atoms with Crippen LogP contribution in [0, 0.1) is 0 Å². The Morgan fingerprint density at radius 3 is 2.37 bits per heavy atom. The molecule has 106 valence electrons. The molecule has 19 heavy (non-hydrogen) atoms. The van der Waals surface area contributed by atoms with Crippen molar-refractivity contribution in [2.45, 2.75) is 18.3 Å². The predicted octanol–water partition coefficient (Wildman–Crippen LogP) is 0.108. The third-order valence-electron chi connectivity index (χ3n) is 3.03. The van der Waals surface area contributed by atoms with Crippen LogP contribution >= 0.6 is 0 Å². The van der Waals surface area contributed by atoms with Gasteiger partial charge in [-0.3, -0.25) is 4.72 Å². The molecule has 0 aliphatic carbocycles. The maximum absolute atomic E-state index is 12.0. The fourth-order valence-electron chi connectivity index (χ4n) is 1.93. The summed E-state index contributed by atoms with van der Waals surface area (Å²) in [5, 5.41) is 7.99. The van der Waals surface area contributed by atoms with Gasteiger partial charge in [-0.2, -0.15) is 0 Å². The maximum Gasteiger partial charge on any atom is 0.236 e. The van der Waals surface area contributed by atoms with Gasteiger partial charge in [-0.05, 0) is 24.1 Å². The summed E-state index contributed by atoms with van der Waals surface area (Å²) in [6.45, 7) is -0.117. The first-order valence-corrected chi connectivity index (χ1v) is 9.11. The fraction of sp³-hybridized carbons (Fsp3) is 0.455. The molecule has 6 nitrogen and oxygen atoms in total. The number of sulfonamides is 1. The van der Waals surface area contributed by atoms with E-state index in [1.807, 2.05) is 0 Å². The van der Waals surface area contributed by atoms with Crippen LogP contribution < -0.4 is 4.72 Å². The molecule has 1 aliphatic heterocycles. The van der Waals surface area contributed by atoms with E-state index in [4.69, 9.17) is 5.11 Å². The van der Waals surface area contributed by atoms with Gasteiger partial charge in [0.1, 0.15) is 0 Å². The average Bonchev–Trinajstić information content (AvgIpc) is 2.71. The van der Waals surface area contributed by atoms with E-state index in [1.54, 1.807) is 12.1 Å². The quantitative estimate of drug-likeness (QED) is 0.822. The molecule has 0 spiro atoms. The Morgan fingerprint density at radius 2 is 1.89 bits per heavy atom. The molecule has 1 unspecified atom stereocenters. The van der Waals surface area contributed by atoms with Gasteiger partial charge in [-0.15, -0.1) is 0 Å². The maximum atomic E-state index is 12.0. The van der Waals surface area contributed by atoms with Crippen molar-refractivity contribution in [3.8, 4) is 0 Å². The van der Waals surface area contributed by atoms with E-state index < -0.39 is 25.1 Å². The van der Waals surface area contributed by atoms with Crippen molar-refractivity contribution in [1.82, 2.24) is 0 Å². The Kier molecular flexibility index (Phi) is 3.84. The first kappa shape index (κ1) is 14.3. The summed E-state index contributed by atoms with van der Waals surface area (Å²) in [7, 11) is -6.93. The topological polar surface area (TPSA) is 101 Å². The predicted molar refractivity (Wildman–Crippen MR) is 72.0 cm³/mol. The summed E-state index contributed by atoms with van der Waals surface area (Å²) in [6, 6.07) is 6.27. The van der Waals surface area contributed by atoms with Crippen molar-refractivity contribution in [3.05, 3.63) is 29.8 Å². The highest BCUT2D eigenvalue weighted by Crippen LogP contribution is 2.21. The zero-order chi connectivity index (χ0) is 14.1. The third kappa shape index (κ3) is 3.46. The molecule has 1 fully saturated rings. The number of hydrogen-bond acceptors (Lipinski definition) is 5. The van der Waals surface area contributed by atoms with Crippen molar-refractivity contribution < 1.29 is 21.9 Å². The molecule has 1 aliphatic rings. The summed E-state index contributed by atoms with van der Waals surface area (Å²) in [6.07, 6.45) is 0.131. The highest BCUT2D eigenvalue weighted by atomic mass is 32.2. The minimum Gasteiger partial charge on any atom is -0.392 e. The molecule has 1 atom stereocenters. The third-order valence-corrected chi connectivity index (χ3v) is 6.81. The highest BCUT2D eigenvalue weighted by Gasteiger charge is 2.37. The molecule has 0 saturated carbocycles. The highest BCUT2D eigenvalue weighted by molar-refractivity contribution is 7.97. The molecular formula is C11H15NO5S2. The minimum absolute atomic E-state index is 0.0813. The Hall–Kier alpha value is -1.12. The van der Waals surface area contributed by atoms with Crippen molar-refractivity contribution in [2.75, 3.05) is 16.2 Å². The number of sulfone groups is 1. The van der Waals surface area contributed by atoms with E-state index in [0.717, 1.165) is 0 Å².